The average molecular weight is 378 g/mol. The second kappa shape index (κ2) is 6.87. The summed E-state index contributed by atoms with van der Waals surface area (Å²) in [6, 6.07) is 9.41. The highest BCUT2D eigenvalue weighted by Crippen LogP contribution is 2.41. The van der Waals surface area contributed by atoms with Crippen molar-refractivity contribution in [1.82, 2.24) is 9.55 Å². The van der Waals surface area contributed by atoms with E-state index in [9.17, 15) is 9.59 Å². The number of rotatable bonds is 5. The van der Waals surface area contributed by atoms with Gasteiger partial charge in [0, 0.05) is 35.1 Å². The molecule has 6 heteroatoms. The van der Waals surface area contributed by atoms with Crippen LogP contribution in [-0.2, 0) is 4.74 Å². The molecule has 0 N–H and O–H groups in total. The summed E-state index contributed by atoms with van der Waals surface area (Å²) in [5.74, 6) is 0.659. The molecule has 6 nitrogen and oxygen atoms in total. The third-order valence-electron chi connectivity index (χ3n) is 5.24. The lowest BCUT2D eigenvalue weighted by molar-refractivity contribution is 0.0443. The van der Waals surface area contributed by atoms with Gasteiger partial charge in [-0.2, -0.15) is 0 Å². The van der Waals surface area contributed by atoms with Gasteiger partial charge >= 0.3 is 0 Å². The van der Waals surface area contributed by atoms with Crippen molar-refractivity contribution >= 4 is 16.7 Å². The van der Waals surface area contributed by atoms with Crippen molar-refractivity contribution in [3.8, 4) is 17.1 Å². The Morgan fingerprint density at radius 2 is 2.04 bits per heavy atom. The van der Waals surface area contributed by atoms with Crippen LogP contribution in [0.3, 0.4) is 0 Å². The van der Waals surface area contributed by atoms with Crippen LogP contribution in [-0.4, -0.2) is 29.1 Å². The van der Waals surface area contributed by atoms with E-state index in [1.54, 1.807) is 31.6 Å². The molecular weight excluding hydrogens is 356 g/mol. The first-order chi connectivity index (χ1) is 13.5. The fourth-order valence-corrected chi connectivity index (χ4v) is 3.83. The predicted octanol–water partition coefficient (Wildman–Crippen LogP) is 3.87. The van der Waals surface area contributed by atoms with E-state index in [4.69, 9.17) is 14.5 Å². The van der Waals surface area contributed by atoms with E-state index in [1.807, 2.05) is 31.2 Å². The molecule has 0 fully saturated rings. The molecule has 0 bridgehead atoms. The molecule has 0 amide bonds. The van der Waals surface area contributed by atoms with Crippen molar-refractivity contribution < 1.29 is 14.3 Å². The minimum Gasteiger partial charge on any atom is -0.496 e. The Balaban J connectivity index is 2.07. The van der Waals surface area contributed by atoms with Crippen molar-refractivity contribution in [2.45, 2.75) is 33.4 Å². The van der Waals surface area contributed by atoms with E-state index in [0.29, 0.717) is 41.3 Å². The van der Waals surface area contributed by atoms with E-state index in [0.717, 1.165) is 16.5 Å². The van der Waals surface area contributed by atoms with Crippen molar-refractivity contribution in [2.24, 2.45) is 0 Å². The smallest absolute Gasteiger partial charge is 0.257 e. The summed E-state index contributed by atoms with van der Waals surface area (Å²) in [5, 5.41) is 0.857. The van der Waals surface area contributed by atoms with Crippen molar-refractivity contribution in [3.05, 3.63) is 57.4 Å². The Bertz CT molecular complexity index is 1160. The Hall–Kier alpha value is -2.99. The second-order valence-electron chi connectivity index (χ2n) is 6.78. The number of aromatic nitrogens is 2. The molecule has 0 spiro atoms. The van der Waals surface area contributed by atoms with Crippen LogP contribution < -0.4 is 10.3 Å². The van der Waals surface area contributed by atoms with Gasteiger partial charge in [0.15, 0.2) is 12.0 Å². The van der Waals surface area contributed by atoms with Gasteiger partial charge in [-0.15, -0.1) is 0 Å². The van der Waals surface area contributed by atoms with Gasteiger partial charge in [0.25, 0.3) is 5.56 Å². The van der Waals surface area contributed by atoms with Crippen molar-refractivity contribution in [3.63, 3.8) is 0 Å². The summed E-state index contributed by atoms with van der Waals surface area (Å²) in [5.41, 5.74) is 3.52. The fourth-order valence-electron chi connectivity index (χ4n) is 3.83. The van der Waals surface area contributed by atoms with Crippen LogP contribution in [0.1, 0.15) is 48.0 Å². The molecule has 0 radical (unpaired) electrons. The van der Waals surface area contributed by atoms with Crippen LogP contribution in [0.5, 0.6) is 5.75 Å². The quantitative estimate of drug-likeness (QED) is 0.630. The summed E-state index contributed by atoms with van der Waals surface area (Å²) >= 11 is 0. The molecule has 144 valence electrons. The lowest BCUT2D eigenvalue weighted by Crippen LogP contribution is -2.28. The molecule has 0 aliphatic carbocycles. The maximum atomic E-state index is 13.2. The molecule has 1 aliphatic heterocycles. The first kappa shape index (κ1) is 18.4. The molecule has 28 heavy (non-hydrogen) atoms. The number of benzene rings is 1. The van der Waals surface area contributed by atoms with Gasteiger partial charge < -0.3 is 9.47 Å². The largest absolute Gasteiger partial charge is 0.496 e. The first-order valence-electron chi connectivity index (χ1n) is 9.40. The highest BCUT2D eigenvalue weighted by molar-refractivity contribution is 5.98. The molecule has 1 aliphatic rings. The van der Waals surface area contributed by atoms with Gasteiger partial charge in [0.05, 0.1) is 24.0 Å². The second-order valence-corrected chi connectivity index (χ2v) is 6.78. The van der Waals surface area contributed by atoms with Crippen molar-refractivity contribution in [1.29, 1.82) is 0 Å². The lowest BCUT2D eigenvalue weighted by atomic mass is 10.0. The number of hydrogen-bond acceptors (Lipinski definition) is 5. The average Bonchev–Trinajstić information content (AvgIpc) is 3.01. The van der Waals surface area contributed by atoms with Crippen LogP contribution in [0.4, 0.5) is 0 Å². The van der Waals surface area contributed by atoms with Crippen LogP contribution in [0.15, 0.2) is 35.1 Å². The van der Waals surface area contributed by atoms with E-state index in [1.165, 1.54) is 0 Å². The zero-order chi connectivity index (χ0) is 20.0. The van der Waals surface area contributed by atoms with Crippen LogP contribution in [0.2, 0.25) is 0 Å². The number of hydrogen-bond donors (Lipinski definition) is 0. The Kier molecular flexibility index (Phi) is 4.51. The highest BCUT2D eigenvalue weighted by Gasteiger charge is 2.34. The number of pyridine rings is 2. The minimum absolute atomic E-state index is 0.0538. The van der Waals surface area contributed by atoms with E-state index >= 15 is 0 Å². The molecule has 1 unspecified atom stereocenters. The molecular formula is C22H22N2O4. The number of Topliss-reactive ketones (excluding diaryl/α,β-unsaturated/α-hetero) is 1. The van der Waals surface area contributed by atoms with Gasteiger partial charge in [0.2, 0.25) is 0 Å². The number of carbonyl (C=O) groups is 1. The van der Waals surface area contributed by atoms with Gasteiger partial charge in [-0.3, -0.25) is 14.2 Å². The number of methoxy groups -OCH3 is 1. The van der Waals surface area contributed by atoms with E-state index in [2.05, 4.69) is 0 Å². The summed E-state index contributed by atoms with van der Waals surface area (Å²) in [6.45, 7) is 5.81. The number of nitrogens with zero attached hydrogens (tertiary/aromatic N) is 2. The highest BCUT2D eigenvalue weighted by atomic mass is 16.5. The van der Waals surface area contributed by atoms with Crippen LogP contribution in [0, 0.1) is 6.92 Å². The normalized spacial score (nSPS) is 14.8. The van der Waals surface area contributed by atoms with Gasteiger partial charge in [-0.1, -0.05) is 13.0 Å². The number of ether oxygens (including phenoxy) is 2. The molecule has 0 saturated carbocycles. The zero-order valence-corrected chi connectivity index (χ0v) is 16.4. The topological polar surface area (TPSA) is 70.4 Å². The summed E-state index contributed by atoms with van der Waals surface area (Å²) in [4.78, 5) is 30.3. The molecule has 4 rings (SSSR count). The molecule has 3 aromatic rings. The van der Waals surface area contributed by atoms with Gasteiger partial charge in [0.1, 0.15) is 5.75 Å². The first-order valence-corrected chi connectivity index (χ1v) is 9.40. The minimum atomic E-state index is -0.575. The molecule has 3 heterocycles. The maximum Gasteiger partial charge on any atom is 0.257 e. The Labute approximate surface area is 162 Å². The van der Waals surface area contributed by atoms with Gasteiger partial charge in [-0.05, 0) is 38.1 Å². The standard InChI is InChI=1S/C22H22N2O4/c1-5-18(25)13-11-17-20-15(22(28-6-2)24(17)21(26)12(13)3)10-14-16(23-20)8-7-9-19(14)27-4/h7-11,22H,5-6H2,1-4H3. The molecule has 1 atom stereocenters. The molecule has 2 aromatic heterocycles. The number of fused-ring (bicyclic) bond motifs is 4. The zero-order valence-electron chi connectivity index (χ0n) is 16.4. The monoisotopic (exact) mass is 378 g/mol. The fraction of sp³-hybridized carbons (Fsp3) is 0.318. The van der Waals surface area contributed by atoms with Gasteiger partial charge in [-0.25, -0.2) is 4.98 Å². The number of ketones is 1. The number of carbonyl (C=O) groups excluding carboxylic acids is 1. The third kappa shape index (κ3) is 2.56. The SMILES string of the molecule is CCOC1c2cc3c(OC)cccc3nc2-c2cc(C(=O)CC)c(C)c(=O)n21. The molecule has 1 aromatic carbocycles. The van der Waals surface area contributed by atoms with Crippen molar-refractivity contribution in [2.75, 3.05) is 13.7 Å². The van der Waals surface area contributed by atoms with Crippen LogP contribution >= 0.6 is 0 Å². The summed E-state index contributed by atoms with van der Waals surface area (Å²) in [6.07, 6.45) is -0.234. The van der Waals surface area contributed by atoms with Crippen LogP contribution in [0.25, 0.3) is 22.3 Å². The summed E-state index contributed by atoms with van der Waals surface area (Å²) in [7, 11) is 1.62. The lowest BCUT2D eigenvalue weighted by Gasteiger charge is -2.17. The third-order valence-corrected chi connectivity index (χ3v) is 5.24. The van der Waals surface area contributed by atoms with E-state index < -0.39 is 6.23 Å². The predicted molar refractivity (Wildman–Crippen MR) is 107 cm³/mol. The summed E-state index contributed by atoms with van der Waals surface area (Å²) < 4.78 is 13.0. The Morgan fingerprint density at radius 1 is 1.25 bits per heavy atom. The maximum absolute atomic E-state index is 13.2. The Morgan fingerprint density at radius 3 is 2.71 bits per heavy atom. The van der Waals surface area contributed by atoms with E-state index in [-0.39, 0.29) is 11.3 Å². The molecule has 0 saturated heterocycles.